The Kier molecular flexibility index (Phi) is 3.61. The molecule has 1 heterocycles. The molecule has 1 aromatic heterocycles. The number of aromatic nitrogens is 2. The van der Waals surface area contributed by atoms with Gasteiger partial charge in [-0.15, -0.1) is 0 Å². The number of nitrogens with one attached hydrogen (secondary N) is 1. The van der Waals surface area contributed by atoms with Crippen molar-refractivity contribution in [3.63, 3.8) is 0 Å². The van der Waals surface area contributed by atoms with Crippen molar-refractivity contribution < 1.29 is 4.92 Å². The molecule has 2 aromatic rings. The minimum absolute atomic E-state index is 0.0463. The van der Waals surface area contributed by atoms with Crippen LogP contribution in [0.15, 0.2) is 35.2 Å². The maximum atomic E-state index is 10.8. The Hall–Kier alpha value is -1.89. The highest BCUT2D eigenvalue weighted by Gasteiger charge is 2.12. The third-order valence-electron chi connectivity index (χ3n) is 2.53. The van der Waals surface area contributed by atoms with Crippen LogP contribution in [0.1, 0.15) is 5.69 Å². The molecule has 0 saturated heterocycles. The number of hydrogen-bond donors (Lipinski definition) is 1. The zero-order chi connectivity index (χ0) is 13.1. The third kappa shape index (κ3) is 2.67. The molecule has 0 saturated carbocycles. The van der Waals surface area contributed by atoms with E-state index in [-0.39, 0.29) is 5.69 Å². The van der Waals surface area contributed by atoms with Crippen LogP contribution in [0, 0.1) is 10.1 Å². The Morgan fingerprint density at radius 1 is 1.56 bits per heavy atom. The van der Waals surface area contributed by atoms with Gasteiger partial charge in [0.1, 0.15) is 0 Å². The molecule has 1 aromatic carbocycles. The molecule has 94 valence electrons. The number of nitro benzene ring substituents is 1. The zero-order valence-corrected chi connectivity index (χ0v) is 11.2. The highest BCUT2D eigenvalue weighted by molar-refractivity contribution is 9.10. The second kappa shape index (κ2) is 5.18. The molecule has 0 unspecified atom stereocenters. The predicted molar refractivity (Wildman–Crippen MR) is 71.3 cm³/mol. The molecule has 0 amide bonds. The van der Waals surface area contributed by atoms with Crippen LogP contribution in [0.5, 0.6) is 0 Å². The topological polar surface area (TPSA) is 73.0 Å². The molecule has 1 N–H and O–H groups in total. The van der Waals surface area contributed by atoms with Crippen LogP contribution in [-0.2, 0) is 13.6 Å². The van der Waals surface area contributed by atoms with Crippen LogP contribution in [0.4, 0.5) is 11.4 Å². The van der Waals surface area contributed by atoms with Crippen molar-refractivity contribution in [1.29, 1.82) is 0 Å². The van der Waals surface area contributed by atoms with Gasteiger partial charge in [-0.2, -0.15) is 0 Å². The first kappa shape index (κ1) is 12.6. The summed E-state index contributed by atoms with van der Waals surface area (Å²) >= 11 is 3.15. The maximum absolute atomic E-state index is 10.8. The smallest absolute Gasteiger partial charge is 0.285 e. The van der Waals surface area contributed by atoms with Gasteiger partial charge in [-0.1, -0.05) is 0 Å². The molecule has 2 rings (SSSR count). The Balaban J connectivity index is 2.13. The second-order valence-electron chi connectivity index (χ2n) is 3.77. The van der Waals surface area contributed by atoms with E-state index < -0.39 is 4.92 Å². The van der Waals surface area contributed by atoms with Crippen LogP contribution < -0.4 is 5.32 Å². The average molecular weight is 311 g/mol. The van der Waals surface area contributed by atoms with Gasteiger partial charge < -0.3 is 9.88 Å². The lowest BCUT2D eigenvalue weighted by molar-refractivity contribution is -0.385. The van der Waals surface area contributed by atoms with Crippen molar-refractivity contribution in [2.75, 3.05) is 5.32 Å². The Labute approximate surface area is 112 Å². The van der Waals surface area contributed by atoms with E-state index in [0.717, 1.165) is 5.69 Å². The first-order valence-electron chi connectivity index (χ1n) is 5.21. The lowest BCUT2D eigenvalue weighted by Crippen LogP contribution is -2.04. The standard InChI is InChI=1S/C11H11BrN4O2/c1-15-7-13-5-9(15)6-14-8-2-3-10(12)11(4-8)16(17)18/h2-5,7,14H,6H2,1H3. The number of hydrogen-bond acceptors (Lipinski definition) is 4. The van der Waals surface area contributed by atoms with Crippen molar-refractivity contribution in [3.05, 3.63) is 51.0 Å². The summed E-state index contributed by atoms with van der Waals surface area (Å²) in [4.78, 5) is 14.4. The van der Waals surface area contributed by atoms with Crippen molar-refractivity contribution in [2.45, 2.75) is 6.54 Å². The third-order valence-corrected chi connectivity index (χ3v) is 3.20. The minimum Gasteiger partial charge on any atom is -0.379 e. The first-order valence-corrected chi connectivity index (χ1v) is 6.00. The summed E-state index contributed by atoms with van der Waals surface area (Å²) < 4.78 is 2.36. The largest absolute Gasteiger partial charge is 0.379 e. The number of rotatable bonds is 4. The summed E-state index contributed by atoms with van der Waals surface area (Å²) in [7, 11) is 1.90. The van der Waals surface area contributed by atoms with Crippen LogP contribution in [0.2, 0.25) is 0 Å². The summed E-state index contributed by atoms with van der Waals surface area (Å²) in [6, 6.07) is 4.94. The minimum atomic E-state index is -0.417. The number of aryl methyl sites for hydroxylation is 1. The molecule has 0 spiro atoms. The molecule has 0 fully saturated rings. The van der Waals surface area contributed by atoms with E-state index in [1.54, 1.807) is 24.7 Å². The van der Waals surface area contributed by atoms with Gasteiger partial charge in [-0.3, -0.25) is 10.1 Å². The molecule has 0 atom stereocenters. The fraction of sp³-hybridized carbons (Fsp3) is 0.182. The van der Waals surface area contributed by atoms with Gasteiger partial charge in [0.15, 0.2) is 0 Å². The van der Waals surface area contributed by atoms with Crippen LogP contribution >= 0.6 is 15.9 Å². The van der Waals surface area contributed by atoms with Gasteiger partial charge in [0.25, 0.3) is 5.69 Å². The normalized spacial score (nSPS) is 10.3. The van der Waals surface area contributed by atoms with Crippen molar-refractivity contribution >= 4 is 27.3 Å². The first-order chi connectivity index (χ1) is 8.58. The molecular weight excluding hydrogens is 300 g/mol. The van der Waals surface area contributed by atoms with Gasteiger partial charge in [0, 0.05) is 25.0 Å². The summed E-state index contributed by atoms with van der Waals surface area (Å²) in [5.74, 6) is 0. The van der Waals surface area contributed by atoms with Gasteiger partial charge in [0.2, 0.25) is 0 Å². The number of anilines is 1. The molecule has 0 aliphatic rings. The van der Waals surface area contributed by atoms with E-state index in [0.29, 0.717) is 16.7 Å². The van der Waals surface area contributed by atoms with Gasteiger partial charge >= 0.3 is 0 Å². The Bertz CT molecular complexity index is 582. The number of benzene rings is 1. The van der Waals surface area contributed by atoms with E-state index in [1.165, 1.54) is 6.07 Å². The number of nitrogens with zero attached hydrogens (tertiary/aromatic N) is 3. The van der Waals surface area contributed by atoms with Crippen molar-refractivity contribution in [2.24, 2.45) is 7.05 Å². The molecule has 0 bridgehead atoms. The predicted octanol–water partition coefficient (Wildman–Crippen LogP) is 2.70. The quantitative estimate of drug-likeness (QED) is 0.696. The molecule has 6 nitrogen and oxygen atoms in total. The van der Waals surface area contributed by atoms with Crippen LogP contribution in [0.25, 0.3) is 0 Å². The summed E-state index contributed by atoms with van der Waals surface area (Å²) in [6.07, 6.45) is 3.46. The molecule has 0 aliphatic heterocycles. The van der Waals surface area contributed by atoms with Gasteiger partial charge in [-0.05, 0) is 28.1 Å². The van der Waals surface area contributed by atoms with Crippen LogP contribution in [0.3, 0.4) is 0 Å². The number of nitro groups is 1. The summed E-state index contributed by atoms with van der Waals surface area (Å²) in [6.45, 7) is 0.565. The summed E-state index contributed by atoms with van der Waals surface area (Å²) in [5.41, 5.74) is 1.75. The highest BCUT2D eigenvalue weighted by Crippen LogP contribution is 2.27. The molecule has 0 radical (unpaired) electrons. The molecule has 0 aliphatic carbocycles. The van der Waals surface area contributed by atoms with E-state index in [1.807, 2.05) is 11.6 Å². The lowest BCUT2D eigenvalue weighted by atomic mass is 10.3. The summed E-state index contributed by atoms with van der Waals surface area (Å²) in [5, 5.41) is 13.9. The Morgan fingerprint density at radius 3 is 2.94 bits per heavy atom. The Morgan fingerprint density at radius 2 is 2.33 bits per heavy atom. The average Bonchev–Trinajstić information content (AvgIpc) is 2.73. The fourth-order valence-corrected chi connectivity index (χ4v) is 1.90. The van der Waals surface area contributed by atoms with Crippen molar-refractivity contribution in [1.82, 2.24) is 9.55 Å². The maximum Gasteiger partial charge on any atom is 0.285 e. The lowest BCUT2D eigenvalue weighted by Gasteiger charge is -2.07. The highest BCUT2D eigenvalue weighted by atomic mass is 79.9. The number of halogens is 1. The SMILES string of the molecule is Cn1cncc1CNc1ccc(Br)c([N+](=O)[O-])c1. The molecular formula is C11H11BrN4O2. The molecule has 7 heteroatoms. The van der Waals surface area contributed by atoms with Gasteiger partial charge in [-0.25, -0.2) is 4.98 Å². The number of imidazole rings is 1. The van der Waals surface area contributed by atoms with Crippen LogP contribution in [-0.4, -0.2) is 14.5 Å². The van der Waals surface area contributed by atoms with E-state index in [2.05, 4.69) is 26.2 Å². The monoisotopic (exact) mass is 310 g/mol. The zero-order valence-electron chi connectivity index (χ0n) is 9.63. The molecule has 18 heavy (non-hydrogen) atoms. The van der Waals surface area contributed by atoms with E-state index >= 15 is 0 Å². The van der Waals surface area contributed by atoms with E-state index in [9.17, 15) is 10.1 Å². The second-order valence-corrected chi connectivity index (χ2v) is 4.63. The van der Waals surface area contributed by atoms with E-state index in [4.69, 9.17) is 0 Å². The van der Waals surface area contributed by atoms with Crippen molar-refractivity contribution in [3.8, 4) is 0 Å². The van der Waals surface area contributed by atoms with Gasteiger partial charge in [0.05, 0.1) is 28.0 Å². The fourth-order valence-electron chi connectivity index (χ4n) is 1.51.